The predicted molar refractivity (Wildman–Crippen MR) is 70.3 cm³/mol. The van der Waals surface area contributed by atoms with Crippen molar-refractivity contribution >= 4 is 0 Å². The fourth-order valence-corrected chi connectivity index (χ4v) is 1.91. The lowest BCUT2D eigenvalue weighted by Crippen LogP contribution is -2.47. The summed E-state index contributed by atoms with van der Waals surface area (Å²) in [4.78, 5) is 0. The zero-order valence-corrected chi connectivity index (χ0v) is 11.6. The Bertz CT molecular complexity index is 415. The number of hydrogen-bond acceptors (Lipinski definition) is 3. The molecule has 0 radical (unpaired) electrons. The van der Waals surface area contributed by atoms with E-state index in [0.717, 1.165) is 18.9 Å². The third kappa shape index (κ3) is 4.38. The lowest BCUT2D eigenvalue weighted by atomic mass is 9.93. The van der Waals surface area contributed by atoms with Crippen LogP contribution in [0.3, 0.4) is 0 Å². The van der Waals surface area contributed by atoms with Crippen LogP contribution in [0.5, 0.6) is 5.75 Å². The molecule has 0 saturated heterocycles. The van der Waals surface area contributed by atoms with Crippen LogP contribution in [0, 0.1) is 5.82 Å². The van der Waals surface area contributed by atoms with E-state index in [4.69, 9.17) is 0 Å². The van der Waals surface area contributed by atoms with E-state index in [1.54, 1.807) is 0 Å². The highest BCUT2D eigenvalue weighted by atomic mass is 19.3. The van der Waals surface area contributed by atoms with Gasteiger partial charge in [0.2, 0.25) is 0 Å². The molecule has 3 nitrogen and oxygen atoms in total. The Kier molecular flexibility index (Phi) is 6.29. The number of hydrogen-bond donors (Lipinski definition) is 2. The molecule has 0 aliphatic rings. The molecule has 1 aromatic carbocycles. The van der Waals surface area contributed by atoms with Crippen molar-refractivity contribution in [3.63, 3.8) is 0 Å². The predicted octanol–water partition coefficient (Wildman–Crippen LogP) is 3.07. The van der Waals surface area contributed by atoms with Gasteiger partial charge >= 0.3 is 6.61 Å². The van der Waals surface area contributed by atoms with Crippen LogP contribution in [0.2, 0.25) is 0 Å². The van der Waals surface area contributed by atoms with Crippen molar-refractivity contribution in [2.24, 2.45) is 0 Å². The molecule has 0 fully saturated rings. The van der Waals surface area contributed by atoms with E-state index in [0.29, 0.717) is 12.1 Å². The van der Waals surface area contributed by atoms with Crippen LogP contribution in [-0.4, -0.2) is 23.9 Å². The molecule has 0 unspecified atom stereocenters. The molecule has 0 amide bonds. The number of rotatable bonds is 8. The molecule has 0 saturated carbocycles. The molecule has 0 aliphatic carbocycles. The van der Waals surface area contributed by atoms with Crippen LogP contribution in [0.15, 0.2) is 18.2 Å². The van der Waals surface area contributed by atoms with E-state index in [1.807, 2.05) is 13.8 Å². The number of aliphatic hydroxyl groups is 1. The van der Waals surface area contributed by atoms with Crippen LogP contribution < -0.4 is 10.1 Å². The lowest BCUT2D eigenvalue weighted by Gasteiger charge is -2.31. The van der Waals surface area contributed by atoms with Gasteiger partial charge in [-0.15, -0.1) is 0 Å². The maximum atomic E-state index is 13.5. The van der Waals surface area contributed by atoms with Gasteiger partial charge in [0.15, 0.2) is 11.6 Å². The van der Waals surface area contributed by atoms with E-state index in [1.165, 1.54) is 12.1 Å². The van der Waals surface area contributed by atoms with Crippen LogP contribution in [0.1, 0.15) is 32.3 Å². The molecular formula is C14H20F3NO2. The summed E-state index contributed by atoms with van der Waals surface area (Å²) in [7, 11) is 0. The molecular weight excluding hydrogens is 271 g/mol. The zero-order chi connectivity index (χ0) is 15.2. The number of benzene rings is 1. The summed E-state index contributed by atoms with van der Waals surface area (Å²) in [6.45, 7) is 1.18. The van der Waals surface area contributed by atoms with E-state index in [2.05, 4.69) is 10.1 Å². The summed E-state index contributed by atoms with van der Waals surface area (Å²) in [6, 6.07) is 3.84. The molecule has 6 heteroatoms. The second kappa shape index (κ2) is 7.50. The quantitative estimate of drug-likeness (QED) is 0.773. The van der Waals surface area contributed by atoms with E-state index in [9.17, 15) is 18.3 Å². The minimum atomic E-state index is -3.05. The molecule has 114 valence electrons. The summed E-state index contributed by atoms with van der Waals surface area (Å²) in [5.41, 5.74) is 0.193. The molecule has 0 atom stereocenters. The van der Waals surface area contributed by atoms with E-state index < -0.39 is 23.7 Å². The number of aliphatic hydroxyl groups excluding tert-OH is 1. The zero-order valence-electron chi connectivity index (χ0n) is 11.6. The Morgan fingerprint density at radius 3 is 2.40 bits per heavy atom. The second-order valence-electron chi connectivity index (χ2n) is 4.64. The van der Waals surface area contributed by atoms with Crippen molar-refractivity contribution in [1.82, 2.24) is 5.32 Å². The second-order valence-corrected chi connectivity index (χ2v) is 4.64. The Hall–Kier alpha value is -1.27. The van der Waals surface area contributed by atoms with Gasteiger partial charge in [-0.2, -0.15) is 8.78 Å². The summed E-state index contributed by atoms with van der Waals surface area (Å²) in [6.07, 6.45) is 1.46. The minimum Gasteiger partial charge on any atom is -0.432 e. The number of nitrogens with one attached hydrogen (secondary N) is 1. The van der Waals surface area contributed by atoms with Gasteiger partial charge in [-0.25, -0.2) is 4.39 Å². The normalized spacial score (nSPS) is 11.9. The topological polar surface area (TPSA) is 41.5 Å². The SMILES string of the molecule is CCC(CC)(CO)NCc1ccc(OC(F)F)c(F)c1. The van der Waals surface area contributed by atoms with Gasteiger partial charge in [-0.1, -0.05) is 19.9 Å². The van der Waals surface area contributed by atoms with Crippen molar-refractivity contribution in [1.29, 1.82) is 0 Å². The summed E-state index contributed by atoms with van der Waals surface area (Å²) >= 11 is 0. The van der Waals surface area contributed by atoms with Crippen LogP contribution in [0.4, 0.5) is 13.2 Å². The van der Waals surface area contributed by atoms with Crippen LogP contribution in [-0.2, 0) is 6.54 Å². The highest BCUT2D eigenvalue weighted by Crippen LogP contribution is 2.21. The molecule has 2 N–H and O–H groups in total. The van der Waals surface area contributed by atoms with Gasteiger partial charge in [0.05, 0.1) is 6.61 Å². The van der Waals surface area contributed by atoms with Crippen LogP contribution in [0.25, 0.3) is 0 Å². The lowest BCUT2D eigenvalue weighted by molar-refractivity contribution is -0.0522. The van der Waals surface area contributed by atoms with Gasteiger partial charge in [0.1, 0.15) is 0 Å². The first-order valence-electron chi connectivity index (χ1n) is 6.55. The molecule has 20 heavy (non-hydrogen) atoms. The molecule has 0 aromatic heterocycles. The standard InChI is InChI=1S/C14H20F3NO2/c1-3-14(4-2,9-19)18-8-10-5-6-12(11(15)7-10)20-13(16)17/h5-7,13,18-19H,3-4,8-9H2,1-2H3. The third-order valence-electron chi connectivity index (χ3n) is 3.54. The average molecular weight is 291 g/mol. The van der Waals surface area contributed by atoms with Crippen molar-refractivity contribution in [2.75, 3.05) is 6.61 Å². The largest absolute Gasteiger partial charge is 0.432 e. The first-order chi connectivity index (χ1) is 9.46. The summed E-state index contributed by atoms with van der Waals surface area (Å²) < 4.78 is 41.6. The Labute approximate surface area is 116 Å². The maximum absolute atomic E-state index is 13.5. The van der Waals surface area contributed by atoms with Gasteiger partial charge in [-0.3, -0.25) is 0 Å². The Morgan fingerprint density at radius 1 is 1.30 bits per heavy atom. The fourth-order valence-electron chi connectivity index (χ4n) is 1.91. The Morgan fingerprint density at radius 2 is 1.95 bits per heavy atom. The summed E-state index contributed by atoms with van der Waals surface area (Å²) in [5.74, 6) is -1.30. The first kappa shape index (κ1) is 16.8. The molecule has 0 bridgehead atoms. The molecule has 0 aliphatic heterocycles. The van der Waals surface area contributed by atoms with Gasteiger partial charge < -0.3 is 15.2 Å². The summed E-state index contributed by atoms with van der Waals surface area (Å²) in [5, 5.41) is 12.6. The number of ether oxygens (including phenoxy) is 1. The third-order valence-corrected chi connectivity index (χ3v) is 3.54. The van der Waals surface area contributed by atoms with Crippen molar-refractivity contribution in [3.8, 4) is 5.75 Å². The van der Waals surface area contributed by atoms with Crippen molar-refractivity contribution in [3.05, 3.63) is 29.6 Å². The molecule has 0 spiro atoms. The van der Waals surface area contributed by atoms with Crippen LogP contribution >= 0.6 is 0 Å². The van der Waals surface area contributed by atoms with Crippen molar-refractivity contribution in [2.45, 2.75) is 45.4 Å². The molecule has 1 aromatic rings. The van der Waals surface area contributed by atoms with Gasteiger partial charge in [0.25, 0.3) is 0 Å². The number of alkyl halides is 2. The van der Waals surface area contributed by atoms with Crippen molar-refractivity contribution < 1.29 is 23.0 Å². The maximum Gasteiger partial charge on any atom is 0.387 e. The smallest absolute Gasteiger partial charge is 0.387 e. The highest BCUT2D eigenvalue weighted by Gasteiger charge is 2.24. The van der Waals surface area contributed by atoms with Gasteiger partial charge in [0, 0.05) is 12.1 Å². The highest BCUT2D eigenvalue weighted by molar-refractivity contribution is 5.29. The monoisotopic (exact) mass is 291 g/mol. The Balaban J connectivity index is 2.72. The van der Waals surface area contributed by atoms with Gasteiger partial charge in [-0.05, 0) is 30.5 Å². The molecule has 1 rings (SSSR count). The van der Waals surface area contributed by atoms with E-state index >= 15 is 0 Å². The first-order valence-corrected chi connectivity index (χ1v) is 6.55. The molecule has 0 heterocycles. The average Bonchev–Trinajstić information content (AvgIpc) is 2.43. The van der Waals surface area contributed by atoms with E-state index in [-0.39, 0.29) is 6.61 Å². The fraction of sp³-hybridized carbons (Fsp3) is 0.571. The number of halogens is 3. The minimum absolute atomic E-state index is 0.0188.